The van der Waals surface area contributed by atoms with E-state index in [9.17, 15) is 0 Å². The van der Waals surface area contributed by atoms with Crippen LogP contribution in [0.25, 0.3) is 43.7 Å². The smallest absolute Gasteiger partial charge is 0.171 e. The number of aromatic nitrogens is 1. The molecule has 0 bridgehead atoms. The third-order valence-electron chi connectivity index (χ3n) is 7.31. The molecule has 0 spiro atoms. The first-order valence-corrected chi connectivity index (χ1v) is 14.5. The topological polar surface area (TPSA) is 30.0 Å². The number of hydrogen-bond acceptors (Lipinski definition) is 2. The first kappa shape index (κ1) is 22.7. The van der Waals surface area contributed by atoms with Crippen molar-refractivity contribution in [2.24, 2.45) is 0 Å². The Morgan fingerprint density at radius 2 is 0.974 bits per heavy atom. The van der Waals surface area contributed by atoms with E-state index in [2.05, 4.69) is 54.6 Å². The molecule has 7 rings (SSSR count). The molecule has 38 heavy (non-hydrogen) atoms. The van der Waals surface area contributed by atoms with Crippen LogP contribution in [0.4, 0.5) is 0 Å². The zero-order chi connectivity index (χ0) is 25.5. The Bertz CT molecular complexity index is 1940. The molecule has 2 nitrogen and oxygen atoms in total. The molecule has 7 aromatic rings. The van der Waals surface area contributed by atoms with Crippen molar-refractivity contribution in [3.63, 3.8) is 0 Å². The minimum atomic E-state index is -3.23. The second-order valence-electron chi connectivity index (χ2n) is 9.49. The summed E-state index contributed by atoms with van der Waals surface area (Å²) < 4.78 is 15.6. The highest BCUT2D eigenvalue weighted by molar-refractivity contribution is 7.85. The van der Waals surface area contributed by atoms with Crippen molar-refractivity contribution < 1.29 is 4.57 Å². The summed E-state index contributed by atoms with van der Waals surface area (Å²) in [5.74, 6) is 0. The molecule has 0 N–H and O–H groups in total. The summed E-state index contributed by atoms with van der Waals surface area (Å²) in [7, 11) is -3.23. The van der Waals surface area contributed by atoms with Crippen molar-refractivity contribution in [1.82, 2.24) is 4.98 Å². The van der Waals surface area contributed by atoms with Crippen LogP contribution in [-0.4, -0.2) is 4.98 Å². The molecule has 0 atom stereocenters. The Hall–Kier alpha value is -4.52. The van der Waals surface area contributed by atoms with Gasteiger partial charge in [-0.15, -0.1) is 0 Å². The van der Waals surface area contributed by atoms with Crippen molar-refractivity contribution in [1.29, 1.82) is 0 Å². The molecule has 0 saturated carbocycles. The number of hydrogen-bond donors (Lipinski definition) is 0. The molecule has 0 fully saturated rings. The second kappa shape index (κ2) is 9.10. The van der Waals surface area contributed by atoms with Crippen molar-refractivity contribution in [2.75, 3.05) is 0 Å². The van der Waals surface area contributed by atoms with E-state index in [1.165, 1.54) is 0 Å². The largest absolute Gasteiger partial charge is 0.309 e. The Morgan fingerprint density at radius 3 is 1.61 bits per heavy atom. The Morgan fingerprint density at radius 1 is 0.474 bits per heavy atom. The lowest BCUT2D eigenvalue weighted by molar-refractivity contribution is 0.592. The molecule has 180 valence electrons. The molecule has 0 unspecified atom stereocenters. The number of para-hydroxylation sites is 1. The van der Waals surface area contributed by atoms with Crippen molar-refractivity contribution in [3.05, 3.63) is 146 Å². The van der Waals surface area contributed by atoms with E-state index in [0.29, 0.717) is 0 Å². The van der Waals surface area contributed by atoms with Gasteiger partial charge in [0.2, 0.25) is 0 Å². The maximum Gasteiger partial charge on any atom is 0.171 e. The minimum absolute atomic E-state index is 0.825. The Labute approximate surface area is 221 Å². The van der Waals surface area contributed by atoms with Crippen LogP contribution in [0.2, 0.25) is 0 Å². The van der Waals surface area contributed by atoms with Gasteiger partial charge < -0.3 is 4.57 Å². The average Bonchev–Trinajstić information content (AvgIpc) is 3.01. The van der Waals surface area contributed by atoms with Gasteiger partial charge in [-0.2, -0.15) is 0 Å². The van der Waals surface area contributed by atoms with Gasteiger partial charge in [0, 0.05) is 37.6 Å². The van der Waals surface area contributed by atoms with E-state index in [1.54, 1.807) is 0 Å². The van der Waals surface area contributed by atoms with Crippen LogP contribution in [0, 0.1) is 0 Å². The quantitative estimate of drug-likeness (QED) is 0.180. The molecule has 0 aliphatic carbocycles. The maximum atomic E-state index is 15.6. The third-order valence-corrected chi connectivity index (χ3v) is 10.4. The number of rotatable bonds is 4. The average molecular weight is 506 g/mol. The molecular weight excluding hydrogens is 481 g/mol. The van der Waals surface area contributed by atoms with Gasteiger partial charge in [0.25, 0.3) is 0 Å². The predicted octanol–water partition coefficient (Wildman–Crippen LogP) is 7.85. The molecule has 1 heterocycles. The van der Waals surface area contributed by atoms with Gasteiger partial charge in [-0.1, -0.05) is 133 Å². The molecule has 3 heteroatoms. The fourth-order valence-corrected chi connectivity index (χ4v) is 8.46. The summed E-state index contributed by atoms with van der Waals surface area (Å²) in [5, 5.41) is 7.83. The lowest BCUT2D eigenvalue weighted by Crippen LogP contribution is -2.25. The van der Waals surface area contributed by atoms with Crippen LogP contribution in [0.15, 0.2) is 146 Å². The fraction of sp³-hybridized carbons (Fsp3) is 0. The number of fused-ring (bicyclic) bond motifs is 5. The minimum Gasteiger partial charge on any atom is -0.309 e. The van der Waals surface area contributed by atoms with Gasteiger partial charge in [0.1, 0.15) is 0 Å². The fourth-order valence-electron chi connectivity index (χ4n) is 5.58. The van der Waals surface area contributed by atoms with Crippen molar-refractivity contribution in [3.8, 4) is 11.3 Å². The molecule has 0 saturated heterocycles. The van der Waals surface area contributed by atoms with Crippen LogP contribution in [0.1, 0.15) is 0 Å². The SMILES string of the molecule is O=P(c1ccccc1)(c1ccccc1)c1cc2c(-c3ccccc3)nc3ccccc3c2c2ccccc12. The molecular formula is C35H24NOP. The first-order chi connectivity index (χ1) is 18.7. The van der Waals surface area contributed by atoms with Gasteiger partial charge >= 0.3 is 0 Å². The standard InChI is InChI=1S/C35H24NOP/c37-38(26-16-6-2-7-17-26,27-18-8-3-9-19-27)33-24-31-34(29-21-11-10-20-28(29)33)30-22-12-13-23-32(30)36-35(31)25-14-4-1-5-15-25/h1-24H. The van der Waals surface area contributed by atoms with Crippen LogP contribution >= 0.6 is 7.14 Å². The van der Waals surface area contributed by atoms with Gasteiger partial charge in [-0.05, 0) is 22.9 Å². The van der Waals surface area contributed by atoms with Gasteiger partial charge in [0.15, 0.2) is 7.14 Å². The lowest BCUT2D eigenvalue weighted by atomic mass is 9.95. The van der Waals surface area contributed by atoms with E-state index in [4.69, 9.17) is 4.98 Å². The normalized spacial score (nSPS) is 11.8. The molecule has 0 aliphatic rings. The second-order valence-corrected chi connectivity index (χ2v) is 12.2. The van der Waals surface area contributed by atoms with Gasteiger partial charge in [-0.25, -0.2) is 4.98 Å². The van der Waals surface area contributed by atoms with Crippen LogP contribution < -0.4 is 15.9 Å². The van der Waals surface area contributed by atoms with Crippen molar-refractivity contribution in [2.45, 2.75) is 0 Å². The van der Waals surface area contributed by atoms with E-state index in [1.807, 2.05) is 91.0 Å². The maximum absolute atomic E-state index is 15.6. The van der Waals surface area contributed by atoms with Gasteiger partial charge in [-0.3, -0.25) is 0 Å². The van der Waals surface area contributed by atoms with E-state index in [0.717, 1.165) is 59.6 Å². The first-order valence-electron chi connectivity index (χ1n) is 12.8. The van der Waals surface area contributed by atoms with E-state index >= 15 is 4.57 Å². The zero-order valence-electron chi connectivity index (χ0n) is 20.7. The summed E-state index contributed by atoms with van der Waals surface area (Å²) in [4.78, 5) is 5.16. The highest BCUT2D eigenvalue weighted by Crippen LogP contribution is 2.47. The molecule has 0 amide bonds. The summed E-state index contributed by atoms with van der Waals surface area (Å²) >= 11 is 0. The molecule has 6 aromatic carbocycles. The lowest BCUT2D eigenvalue weighted by Gasteiger charge is -2.23. The van der Waals surface area contributed by atoms with Crippen molar-refractivity contribution >= 4 is 55.5 Å². The predicted molar refractivity (Wildman–Crippen MR) is 162 cm³/mol. The van der Waals surface area contributed by atoms with Crippen LogP contribution in [-0.2, 0) is 4.57 Å². The summed E-state index contributed by atoms with van der Waals surface area (Å²) in [6.07, 6.45) is 0. The summed E-state index contributed by atoms with van der Waals surface area (Å²) in [6, 6.07) is 48.9. The molecule has 0 radical (unpaired) electrons. The molecule has 1 aromatic heterocycles. The number of pyridine rings is 1. The third kappa shape index (κ3) is 3.49. The summed E-state index contributed by atoms with van der Waals surface area (Å²) in [5.41, 5.74) is 2.89. The van der Waals surface area contributed by atoms with E-state index < -0.39 is 7.14 Å². The van der Waals surface area contributed by atoms with Crippen LogP contribution in [0.5, 0.6) is 0 Å². The zero-order valence-corrected chi connectivity index (χ0v) is 21.6. The highest BCUT2D eigenvalue weighted by Gasteiger charge is 2.32. The van der Waals surface area contributed by atoms with Gasteiger partial charge in [0.05, 0.1) is 11.2 Å². The monoisotopic (exact) mass is 505 g/mol. The number of benzene rings is 6. The Balaban J connectivity index is 1.71. The number of nitrogens with zero attached hydrogens (tertiary/aromatic N) is 1. The van der Waals surface area contributed by atoms with E-state index in [-0.39, 0.29) is 0 Å². The Kier molecular flexibility index (Phi) is 5.43. The summed E-state index contributed by atoms with van der Waals surface area (Å²) in [6.45, 7) is 0. The molecule has 0 aliphatic heterocycles. The highest BCUT2D eigenvalue weighted by atomic mass is 31.2. The van der Waals surface area contributed by atoms with Crippen LogP contribution in [0.3, 0.4) is 0 Å².